The van der Waals surface area contributed by atoms with Gasteiger partial charge in [0.1, 0.15) is 11.5 Å². The predicted octanol–water partition coefficient (Wildman–Crippen LogP) is 9.67. The molecule has 0 bridgehead atoms. The zero-order chi connectivity index (χ0) is 34.8. The Labute approximate surface area is 285 Å². The molecule has 2 aromatic rings. The van der Waals surface area contributed by atoms with Crippen LogP contribution in [0.3, 0.4) is 0 Å². The van der Waals surface area contributed by atoms with E-state index in [1.807, 2.05) is 0 Å². The number of ether oxygens (including phenoxy) is 4. The van der Waals surface area contributed by atoms with Gasteiger partial charge in [-0.2, -0.15) is 0 Å². The van der Waals surface area contributed by atoms with Crippen molar-refractivity contribution >= 4 is 18.1 Å². The van der Waals surface area contributed by atoms with Gasteiger partial charge in [-0.1, -0.05) is 103 Å². The van der Waals surface area contributed by atoms with Crippen LogP contribution in [0, 0.1) is 0 Å². The van der Waals surface area contributed by atoms with E-state index in [0.717, 1.165) is 51.4 Å². The molecule has 0 saturated carbocycles. The fourth-order valence-electron chi connectivity index (χ4n) is 4.82. The molecule has 0 aliphatic carbocycles. The zero-order valence-electron chi connectivity index (χ0n) is 29.1. The largest absolute Gasteiger partial charge is 0.513 e. The lowest BCUT2D eigenvalue weighted by atomic mass is 10.1. The van der Waals surface area contributed by atoms with E-state index in [1.54, 1.807) is 36.4 Å². The molecule has 11 nitrogen and oxygen atoms in total. The van der Waals surface area contributed by atoms with Gasteiger partial charge in [-0.15, -0.1) is 9.78 Å². The molecule has 2 atom stereocenters. The molecule has 0 aliphatic heterocycles. The number of rotatable bonds is 26. The maximum atomic E-state index is 13.0. The van der Waals surface area contributed by atoms with Crippen molar-refractivity contribution in [1.82, 2.24) is 0 Å². The van der Waals surface area contributed by atoms with Gasteiger partial charge in [-0.3, -0.25) is 9.78 Å². The summed E-state index contributed by atoms with van der Waals surface area (Å²) in [4.78, 5) is 58.9. The molecule has 2 rings (SSSR count). The summed E-state index contributed by atoms with van der Waals surface area (Å²) in [6.45, 7) is 4.33. The highest BCUT2D eigenvalue weighted by atomic mass is 17.2. The van der Waals surface area contributed by atoms with E-state index >= 15 is 0 Å². The molecule has 0 fully saturated rings. The van der Waals surface area contributed by atoms with Crippen molar-refractivity contribution in [2.75, 3.05) is 14.2 Å². The first-order chi connectivity index (χ1) is 23.4. The van der Waals surface area contributed by atoms with Crippen LogP contribution in [0.5, 0.6) is 11.5 Å². The van der Waals surface area contributed by atoms with Crippen molar-refractivity contribution in [2.24, 2.45) is 0 Å². The van der Waals surface area contributed by atoms with Crippen LogP contribution in [0.15, 0.2) is 48.5 Å². The summed E-state index contributed by atoms with van der Waals surface area (Å²) in [5.41, 5.74) is 0.403. The third-order valence-corrected chi connectivity index (χ3v) is 7.62. The fraction of sp³-hybridized carbons (Fsp3) is 0.595. The van der Waals surface area contributed by atoms with Crippen LogP contribution >= 0.6 is 0 Å². The highest BCUT2D eigenvalue weighted by molar-refractivity contribution is 5.89. The van der Waals surface area contributed by atoms with Crippen LogP contribution < -0.4 is 9.47 Å². The molecule has 11 heteroatoms. The maximum absolute atomic E-state index is 13.0. The van der Waals surface area contributed by atoms with Gasteiger partial charge < -0.3 is 18.9 Å². The van der Waals surface area contributed by atoms with Crippen LogP contribution in [-0.2, 0) is 29.0 Å². The Hall–Kier alpha value is -3.83. The molecule has 2 unspecified atom stereocenters. The number of carbonyl (C=O) groups excluding carboxylic acids is 3. The van der Waals surface area contributed by atoms with Gasteiger partial charge in [0.15, 0.2) is 0 Å². The molecule has 0 heterocycles. The van der Waals surface area contributed by atoms with Gasteiger partial charge in [0.25, 0.3) is 0 Å². The van der Waals surface area contributed by atoms with E-state index in [4.69, 9.17) is 38.5 Å². The maximum Gasteiger partial charge on any atom is 0.513 e. The minimum absolute atomic E-state index is 0.201. The Morgan fingerprint density at radius 2 is 0.917 bits per heavy atom. The van der Waals surface area contributed by atoms with Crippen LogP contribution in [-0.4, -0.2) is 44.9 Å². The Balaban J connectivity index is 2.01. The van der Waals surface area contributed by atoms with Gasteiger partial charge in [0.05, 0.1) is 25.3 Å². The van der Waals surface area contributed by atoms with E-state index in [-0.39, 0.29) is 24.0 Å². The van der Waals surface area contributed by atoms with E-state index in [0.29, 0.717) is 24.3 Å². The van der Waals surface area contributed by atoms with Crippen molar-refractivity contribution in [3.63, 3.8) is 0 Å². The summed E-state index contributed by atoms with van der Waals surface area (Å²) in [7, 11) is 2.98. The van der Waals surface area contributed by atoms with Crippen LogP contribution in [0.2, 0.25) is 0 Å². The molecule has 0 N–H and O–H groups in total. The summed E-state index contributed by atoms with van der Waals surface area (Å²) in [6.07, 6.45) is 11.3. The lowest BCUT2D eigenvalue weighted by Gasteiger charge is -2.20. The number of hydrogen-bond acceptors (Lipinski definition) is 11. The second-order valence-corrected chi connectivity index (χ2v) is 11.6. The molecule has 268 valence electrons. The van der Waals surface area contributed by atoms with Crippen molar-refractivity contribution in [2.45, 2.75) is 129 Å². The molecule has 48 heavy (non-hydrogen) atoms. The molecule has 2 aromatic carbocycles. The van der Waals surface area contributed by atoms with Crippen LogP contribution in [0.25, 0.3) is 0 Å². The average Bonchev–Trinajstić information content (AvgIpc) is 3.11. The van der Waals surface area contributed by atoms with Crippen molar-refractivity contribution in [3.8, 4) is 11.5 Å². The first-order valence-corrected chi connectivity index (χ1v) is 17.3. The molecule has 0 aromatic heterocycles. The van der Waals surface area contributed by atoms with E-state index in [1.165, 1.54) is 52.0 Å². The quantitative estimate of drug-likeness (QED) is 0.0311. The monoisotopic (exact) mass is 674 g/mol. The topological polar surface area (TPSA) is 125 Å². The lowest BCUT2D eigenvalue weighted by molar-refractivity contribution is -0.348. The normalized spacial score (nSPS) is 12.1. The van der Waals surface area contributed by atoms with Gasteiger partial charge in [-0.05, 0) is 49.2 Å². The molecule has 0 aliphatic rings. The Kier molecular flexibility index (Phi) is 21.2. The van der Waals surface area contributed by atoms with E-state index in [2.05, 4.69) is 13.8 Å². The van der Waals surface area contributed by atoms with Gasteiger partial charge in [-0.25, -0.2) is 14.4 Å². The Morgan fingerprint density at radius 1 is 0.542 bits per heavy atom. The number of benzene rings is 2. The van der Waals surface area contributed by atoms with Crippen LogP contribution in [0.4, 0.5) is 4.79 Å². The smallest absolute Gasteiger partial charge is 0.497 e. The Morgan fingerprint density at radius 3 is 1.29 bits per heavy atom. The highest BCUT2D eigenvalue weighted by Crippen LogP contribution is 2.19. The Bertz CT molecular complexity index is 1100. The minimum Gasteiger partial charge on any atom is -0.497 e. The van der Waals surface area contributed by atoms with Gasteiger partial charge in [0, 0.05) is 12.8 Å². The molecule has 0 spiro atoms. The first kappa shape index (κ1) is 40.3. The average molecular weight is 675 g/mol. The van der Waals surface area contributed by atoms with Crippen molar-refractivity contribution < 1.29 is 52.9 Å². The number of carbonyl (C=O) groups is 3. The molecule has 0 saturated heterocycles. The summed E-state index contributed by atoms with van der Waals surface area (Å²) in [5, 5.41) is 0. The standard InChI is InChI=1S/C37H54O11/c1-5-7-9-11-13-15-17-25-33(45-47-35(38)29-21-19-23-31(27-29)41-3)43-37(40)44-34(26-18-16-14-12-10-8-6-2)46-48-36(39)30-22-20-24-32(28-30)42-4/h19-24,27-28,33-34H,5-18,25-26H2,1-4H3. The number of hydrogen-bond donors (Lipinski definition) is 0. The first-order valence-electron chi connectivity index (χ1n) is 17.3. The summed E-state index contributed by atoms with van der Waals surface area (Å²) >= 11 is 0. The number of methoxy groups -OCH3 is 2. The summed E-state index contributed by atoms with van der Waals surface area (Å²) in [5.74, 6) is -0.605. The van der Waals surface area contributed by atoms with Crippen molar-refractivity contribution in [3.05, 3.63) is 59.7 Å². The molecular weight excluding hydrogens is 620 g/mol. The van der Waals surface area contributed by atoms with Crippen LogP contribution in [0.1, 0.15) is 137 Å². The second-order valence-electron chi connectivity index (χ2n) is 11.6. The predicted molar refractivity (Wildman–Crippen MR) is 179 cm³/mol. The summed E-state index contributed by atoms with van der Waals surface area (Å²) in [6, 6.07) is 12.8. The molecule has 0 amide bonds. The van der Waals surface area contributed by atoms with E-state index in [9.17, 15) is 14.4 Å². The molecular formula is C37H54O11. The minimum atomic E-state index is -1.23. The zero-order valence-corrected chi connectivity index (χ0v) is 29.1. The third kappa shape index (κ3) is 17.4. The van der Waals surface area contributed by atoms with E-state index < -0.39 is 30.7 Å². The summed E-state index contributed by atoms with van der Waals surface area (Å²) < 4.78 is 21.2. The van der Waals surface area contributed by atoms with Gasteiger partial charge in [0.2, 0.25) is 12.6 Å². The highest BCUT2D eigenvalue weighted by Gasteiger charge is 2.25. The van der Waals surface area contributed by atoms with Gasteiger partial charge >= 0.3 is 18.1 Å². The van der Waals surface area contributed by atoms with Crippen molar-refractivity contribution in [1.29, 1.82) is 0 Å². The SMILES string of the molecule is CCCCCCCCCC(OOC(=O)c1cccc(OC)c1)OC(=O)OC(CCCCCCCCC)OOC(=O)c1cccc(OC)c1. The third-order valence-electron chi connectivity index (χ3n) is 7.62. The lowest BCUT2D eigenvalue weighted by Crippen LogP contribution is -2.28. The molecule has 0 radical (unpaired) electrons. The second kappa shape index (κ2) is 25.2. The fourth-order valence-corrected chi connectivity index (χ4v) is 4.82. The number of unbranched alkanes of at least 4 members (excludes halogenated alkanes) is 12.